The lowest BCUT2D eigenvalue weighted by molar-refractivity contribution is -0.138. The number of para-hydroxylation sites is 1. The molecule has 1 aliphatic rings. The summed E-state index contributed by atoms with van der Waals surface area (Å²) in [6, 6.07) is 18.4. The van der Waals surface area contributed by atoms with Crippen LogP contribution in [-0.2, 0) is 20.9 Å². The number of nitrogens with one attached hydrogen (secondary N) is 1. The fourth-order valence-electron chi connectivity index (χ4n) is 4.09. The molecule has 1 N–H and O–H groups in total. The number of fused-ring (bicyclic) bond motifs is 1. The summed E-state index contributed by atoms with van der Waals surface area (Å²) in [6.07, 6.45) is 0. The Morgan fingerprint density at radius 2 is 1.59 bits per heavy atom. The molecular formula is C28H27FN4O4. The van der Waals surface area contributed by atoms with E-state index in [2.05, 4.69) is 5.32 Å². The molecule has 37 heavy (non-hydrogen) atoms. The predicted molar refractivity (Wildman–Crippen MR) is 139 cm³/mol. The summed E-state index contributed by atoms with van der Waals surface area (Å²) in [5.41, 5.74) is 2.71. The van der Waals surface area contributed by atoms with Crippen LogP contribution in [0.15, 0.2) is 72.8 Å². The maximum Gasteiger partial charge on any atom is 0.299 e. The summed E-state index contributed by atoms with van der Waals surface area (Å²) in [4.78, 5) is 56.0. The highest BCUT2D eigenvalue weighted by molar-refractivity contribution is 6.52. The number of nitrogens with zero attached hydrogens (tertiary/aromatic N) is 3. The lowest BCUT2D eigenvalue weighted by atomic mass is 10.1. The molecule has 0 saturated carbocycles. The molecule has 0 saturated heterocycles. The topological polar surface area (TPSA) is 90.0 Å². The summed E-state index contributed by atoms with van der Waals surface area (Å²) in [5, 5.41) is 2.82. The number of hydrogen-bond acceptors (Lipinski definition) is 5. The molecule has 1 heterocycles. The second kappa shape index (κ2) is 10.6. The molecule has 1 atom stereocenters. The van der Waals surface area contributed by atoms with Gasteiger partial charge in [0.2, 0.25) is 11.8 Å². The van der Waals surface area contributed by atoms with E-state index >= 15 is 0 Å². The molecular weight excluding hydrogens is 475 g/mol. The Bertz CT molecular complexity index is 1340. The maximum atomic E-state index is 13.5. The first kappa shape index (κ1) is 25.6. The number of Topliss-reactive ketones (excluding diaryl/α,β-unsaturated/α-hetero) is 1. The molecule has 1 unspecified atom stereocenters. The van der Waals surface area contributed by atoms with E-state index in [4.69, 9.17) is 0 Å². The number of ketones is 1. The van der Waals surface area contributed by atoms with Crippen LogP contribution in [0, 0.1) is 5.82 Å². The van der Waals surface area contributed by atoms with E-state index in [1.54, 1.807) is 37.3 Å². The second-order valence-corrected chi connectivity index (χ2v) is 8.99. The van der Waals surface area contributed by atoms with Crippen LogP contribution in [0.4, 0.5) is 21.5 Å². The third kappa shape index (κ3) is 5.50. The maximum absolute atomic E-state index is 13.5. The summed E-state index contributed by atoms with van der Waals surface area (Å²) in [7, 11) is 3.82. The first-order valence-corrected chi connectivity index (χ1v) is 11.7. The lowest BCUT2D eigenvalue weighted by Gasteiger charge is -2.30. The largest absolute Gasteiger partial charge is 0.378 e. The zero-order chi connectivity index (χ0) is 26.7. The quantitative estimate of drug-likeness (QED) is 0.477. The van der Waals surface area contributed by atoms with Gasteiger partial charge in [-0.05, 0) is 61.0 Å². The van der Waals surface area contributed by atoms with Crippen LogP contribution in [0.3, 0.4) is 0 Å². The van der Waals surface area contributed by atoms with E-state index in [-0.39, 0.29) is 12.1 Å². The number of anilines is 3. The van der Waals surface area contributed by atoms with Crippen LogP contribution in [-0.4, -0.2) is 55.1 Å². The van der Waals surface area contributed by atoms with Crippen molar-refractivity contribution in [1.29, 1.82) is 0 Å². The Hall–Kier alpha value is -4.53. The number of benzene rings is 3. The van der Waals surface area contributed by atoms with E-state index in [1.807, 2.05) is 31.1 Å². The Balaban J connectivity index is 1.56. The van der Waals surface area contributed by atoms with Gasteiger partial charge in [0, 0.05) is 32.0 Å². The average Bonchev–Trinajstić information content (AvgIpc) is 3.13. The van der Waals surface area contributed by atoms with Crippen molar-refractivity contribution < 1.29 is 23.6 Å². The van der Waals surface area contributed by atoms with Gasteiger partial charge in [-0.1, -0.05) is 24.3 Å². The molecule has 4 rings (SSSR count). The first-order valence-electron chi connectivity index (χ1n) is 11.7. The molecule has 190 valence electrons. The van der Waals surface area contributed by atoms with Crippen molar-refractivity contribution in [2.24, 2.45) is 0 Å². The number of rotatable bonds is 8. The zero-order valence-corrected chi connectivity index (χ0v) is 20.8. The van der Waals surface area contributed by atoms with E-state index in [0.29, 0.717) is 16.9 Å². The zero-order valence-electron chi connectivity index (χ0n) is 20.8. The molecule has 3 aromatic carbocycles. The average molecular weight is 503 g/mol. The predicted octanol–water partition coefficient (Wildman–Crippen LogP) is 3.48. The molecule has 1 aliphatic heterocycles. The molecule has 0 radical (unpaired) electrons. The van der Waals surface area contributed by atoms with E-state index in [1.165, 1.54) is 35.2 Å². The molecule has 3 aromatic rings. The van der Waals surface area contributed by atoms with Gasteiger partial charge in [0.1, 0.15) is 18.4 Å². The summed E-state index contributed by atoms with van der Waals surface area (Å²) >= 11 is 0. The van der Waals surface area contributed by atoms with Gasteiger partial charge in [0.25, 0.3) is 11.7 Å². The molecule has 0 aliphatic carbocycles. The van der Waals surface area contributed by atoms with Gasteiger partial charge in [-0.15, -0.1) is 0 Å². The number of carbonyl (C=O) groups is 4. The molecule has 8 nitrogen and oxygen atoms in total. The Labute approximate surface area is 214 Å². The van der Waals surface area contributed by atoms with Gasteiger partial charge < -0.3 is 15.1 Å². The van der Waals surface area contributed by atoms with Crippen LogP contribution in [0.5, 0.6) is 0 Å². The molecule has 3 amide bonds. The number of hydrogen-bond donors (Lipinski definition) is 1. The third-order valence-corrected chi connectivity index (χ3v) is 6.26. The highest BCUT2D eigenvalue weighted by Crippen LogP contribution is 2.28. The molecule has 0 aromatic heterocycles. The SMILES string of the molecule is CC(C(=O)Nc1ccc(N(C)C)cc1)N(Cc1ccc(F)cc1)C(=O)CN1C(=O)C(=O)c2ccccc21. The van der Waals surface area contributed by atoms with Gasteiger partial charge in [-0.3, -0.25) is 24.1 Å². The fourth-order valence-corrected chi connectivity index (χ4v) is 4.09. The van der Waals surface area contributed by atoms with Crippen LogP contribution in [0.2, 0.25) is 0 Å². The Morgan fingerprint density at radius 3 is 2.24 bits per heavy atom. The van der Waals surface area contributed by atoms with Gasteiger partial charge in [0.05, 0.1) is 11.3 Å². The summed E-state index contributed by atoms with van der Waals surface area (Å²) < 4.78 is 13.5. The standard InChI is InChI=1S/C28H27FN4O4/c1-18(27(36)30-21-12-14-22(15-13-21)31(2)3)32(16-19-8-10-20(29)11-9-19)25(34)17-33-24-7-5-4-6-23(24)26(35)28(33)37/h4-15,18H,16-17H2,1-3H3,(H,30,36). The van der Waals surface area contributed by atoms with Crippen molar-refractivity contribution in [3.63, 3.8) is 0 Å². The van der Waals surface area contributed by atoms with Crippen LogP contribution in [0.25, 0.3) is 0 Å². The van der Waals surface area contributed by atoms with Gasteiger partial charge in [-0.2, -0.15) is 0 Å². The molecule has 0 bridgehead atoms. The van der Waals surface area contributed by atoms with Crippen molar-refractivity contribution in [2.45, 2.75) is 19.5 Å². The second-order valence-electron chi connectivity index (χ2n) is 8.99. The minimum atomic E-state index is -0.935. The smallest absolute Gasteiger partial charge is 0.299 e. The van der Waals surface area contributed by atoms with E-state index in [0.717, 1.165) is 10.6 Å². The van der Waals surface area contributed by atoms with Crippen molar-refractivity contribution in [3.05, 3.63) is 89.7 Å². The van der Waals surface area contributed by atoms with Gasteiger partial charge in [0.15, 0.2) is 0 Å². The number of carbonyl (C=O) groups excluding carboxylic acids is 4. The van der Waals surface area contributed by atoms with E-state index in [9.17, 15) is 23.6 Å². The Morgan fingerprint density at radius 1 is 0.946 bits per heavy atom. The summed E-state index contributed by atoms with van der Waals surface area (Å²) in [6.45, 7) is 1.17. The first-order chi connectivity index (χ1) is 17.7. The van der Waals surface area contributed by atoms with Gasteiger partial charge >= 0.3 is 0 Å². The summed E-state index contributed by atoms with van der Waals surface area (Å²) in [5.74, 6) is -2.87. The minimum absolute atomic E-state index is 0.00485. The van der Waals surface area contributed by atoms with Crippen molar-refractivity contribution in [2.75, 3.05) is 35.8 Å². The highest BCUT2D eigenvalue weighted by Gasteiger charge is 2.38. The molecule has 9 heteroatoms. The Kier molecular flexibility index (Phi) is 7.33. The minimum Gasteiger partial charge on any atom is -0.378 e. The monoisotopic (exact) mass is 502 g/mol. The molecule has 0 fully saturated rings. The highest BCUT2D eigenvalue weighted by atomic mass is 19.1. The van der Waals surface area contributed by atoms with E-state index < -0.39 is 41.9 Å². The van der Waals surface area contributed by atoms with Crippen molar-refractivity contribution in [1.82, 2.24) is 4.90 Å². The van der Waals surface area contributed by atoms with Crippen LogP contribution < -0.4 is 15.1 Å². The normalized spacial score (nSPS) is 13.2. The number of halogens is 1. The fraction of sp³-hybridized carbons (Fsp3) is 0.214. The van der Waals surface area contributed by atoms with Crippen molar-refractivity contribution in [3.8, 4) is 0 Å². The van der Waals surface area contributed by atoms with Gasteiger partial charge in [-0.25, -0.2) is 4.39 Å². The number of amides is 3. The van der Waals surface area contributed by atoms with Crippen LogP contribution >= 0.6 is 0 Å². The van der Waals surface area contributed by atoms with Crippen LogP contribution in [0.1, 0.15) is 22.8 Å². The van der Waals surface area contributed by atoms with Crippen molar-refractivity contribution >= 4 is 40.6 Å². The third-order valence-electron chi connectivity index (χ3n) is 6.26. The molecule has 0 spiro atoms. The lowest BCUT2D eigenvalue weighted by Crippen LogP contribution is -2.49.